The van der Waals surface area contributed by atoms with Crippen LogP contribution in [0, 0.1) is 46.8 Å². The number of carbonyl (C=O) groups excluding carboxylic acids is 10. The van der Waals surface area contributed by atoms with Crippen LogP contribution in [-0.2, 0) is 91.1 Å². The van der Waals surface area contributed by atoms with Crippen molar-refractivity contribution in [2.45, 2.75) is 244 Å². The average Bonchev–Trinajstić information content (AvgIpc) is 1.65. The molecule has 1 aromatic heterocycles. The Morgan fingerprint density at radius 2 is 1.50 bits per heavy atom. The second-order valence-corrected chi connectivity index (χ2v) is 30.2. The monoisotopic (exact) mass is 1410 g/mol. The minimum absolute atomic E-state index is 0.00168. The van der Waals surface area contributed by atoms with E-state index in [-0.39, 0.29) is 73.6 Å². The molecule has 1 amide bonds. The van der Waals surface area contributed by atoms with Crippen LogP contribution in [0.4, 0.5) is 0 Å². The van der Waals surface area contributed by atoms with Crippen molar-refractivity contribution in [3.63, 3.8) is 0 Å². The number of hydrogen-bond acceptors (Lipinski definition) is 23. The van der Waals surface area contributed by atoms with Crippen LogP contribution in [0.5, 0.6) is 0 Å². The Morgan fingerprint density at radius 1 is 0.792 bits per heavy atom. The second kappa shape index (κ2) is 33.3. The van der Waals surface area contributed by atoms with E-state index in [1.807, 2.05) is 65.0 Å². The van der Waals surface area contributed by atoms with E-state index in [1.165, 1.54) is 27.4 Å². The smallest absolute Gasteiger partial charge is 0.342 e. The van der Waals surface area contributed by atoms with Crippen molar-refractivity contribution in [3.8, 4) is 0 Å². The number of fused-ring (bicyclic) bond motifs is 6. The topological polar surface area (TPSA) is 320 Å². The number of hydrogen-bond donors (Lipinski definition) is 2. The fourth-order valence-corrected chi connectivity index (χ4v) is 17.2. The van der Waals surface area contributed by atoms with Gasteiger partial charge in [-0.25, -0.2) is 19.2 Å². The number of ketones is 4. The van der Waals surface area contributed by atoms with E-state index >= 15 is 0 Å². The number of carbonyl (C=O) groups is 10. The first-order valence-corrected chi connectivity index (χ1v) is 36.1. The maximum absolute atomic E-state index is 14.7. The summed E-state index contributed by atoms with van der Waals surface area (Å²) in [6, 6.07) is -1.23. The molecule has 24 heteroatoms. The van der Waals surface area contributed by atoms with Crippen LogP contribution in [0.1, 0.15) is 198 Å². The quantitative estimate of drug-likeness (QED) is 0.0759. The van der Waals surface area contributed by atoms with Gasteiger partial charge in [-0.2, -0.15) is 0 Å². The summed E-state index contributed by atoms with van der Waals surface area (Å²) in [6.07, 6.45) is 10.4. The Kier molecular flexibility index (Phi) is 25.8. The van der Waals surface area contributed by atoms with Gasteiger partial charge in [0.1, 0.15) is 79.6 Å². The van der Waals surface area contributed by atoms with E-state index in [0.29, 0.717) is 99.3 Å². The minimum atomic E-state index is -2.50. The molecule has 556 valence electrons. The fraction of sp³-hybridized carbons (Fsp3) is 0.688. The molecule has 9 rings (SSSR count). The van der Waals surface area contributed by atoms with Crippen molar-refractivity contribution in [2.75, 3.05) is 47.7 Å². The Labute approximate surface area is 591 Å². The van der Waals surface area contributed by atoms with Crippen molar-refractivity contribution in [3.05, 3.63) is 81.9 Å². The summed E-state index contributed by atoms with van der Waals surface area (Å²) in [5.74, 6) is -12.4. The van der Waals surface area contributed by atoms with Crippen LogP contribution in [0.15, 0.2) is 69.4 Å². The Morgan fingerprint density at radius 3 is 2.19 bits per heavy atom. The zero-order valence-electron chi connectivity index (χ0n) is 60.9. The van der Waals surface area contributed by atoms with Crippen LogP contribution < -0.4 is 0 Å². The lowest BCUT2D eigenvalue weighted by Crippen LogP contribution is -2.61. The van der Waals surface area contributed by atoms with Gasteiger partial charge in [-0.3, -0.25) is 28.8 Å². The number of nitrogens with zero attached hydrogens (tertiary/aromatic N) is 1. The third-order valence-electron chi connectivity index (χ3n) is 23.0. The van der Waals surface area contributed by atoms with Gasteiger partial charge in [0, 0.05) is 81.9 Å². The zero-order valence-corrected chi connectivity index (χ0v) is 60.9. The lowest BCUT2D eigenvalue weighted by molar-refractivity contribution is -0.265. The fourth-order valence-electron chi connectivity index (χ4n) is 17.2. The summed E-state index contributed by atoms with van der Waals surface area (Å²) in [5.41, 5.74) is 0.448. The molecule has 4 fully saturated rings. The average molecular weight is 1410 g/mol. The highest BCUT2D eigenvalue weighted by molar-refractivity contribution is 6.39. The highest BCUT2D eigenvalue weighted by atomic mass is 16.6. The number of piperidine rings is 1. The largest absolute Gasteiger partial charge is 0.461 e. The van der Waals surface area contributed by atoms with Gasteiger partial charge in [-0.05, 0) is 151 Å². The standard InChI is InChI=1S/C77H105NO23/c1-41-19-15-14-16-20-42(2)56(92-12)34-51-25-22-47(7)77(90,101-51)71(86)72(87)78-30-18-17-21-54(78)74(89)98-57(35-55(80)43(3)32-46(6)67(84)70(93-13)66(83)45(5)31-41)44(4)33-49-23-26-50(27-24-49)97-61(81)39-94-40-62(82)99-59-29-28-53-63-65(58(96-48(8)79)36-75(53,59)9)76(10)60(38-91-11)100-73(88)52-37-95-69(64(52)76)68(63)85/h14-16,19-20,32,37,41,43-45,47,49-51,53-54,56-60,67,70,84,90H,17-18,21-31,33-36,38-40H2,1-13H3/b16-14+,19-15+,42-20+,46-32+/t41-,43-,44-,45-,47-,49?,50?,51+,53?,54+,56+,57+,58-,59+,60-,67-,70+,75+,76+,77-/m1/s1. The SMILES string of the molecule is COC[C@H]1OC(=O)c2coc3c2[C@@]1(C)C1=C(C3=O)C2CC[C@H](OC(=O)COCC(=O)OC3CCC(C[C@@H](C)[C@@H]4CC(=O)[C@H](C)/C=C(\C)[C@@H](O)[C@@H](OC)C(=O)[C@H](C)C[C@H](C)/C=C/C=C/C=C(\C)[C@@H](OC)C[C@@H]5CC[C@@H](C)[C@@](O)(O5)C(=O)C(=O)N5CCCC[C@H]5C(=O)O4)CC3)[C@@]2(C)C[C@H]1OC(C)=O. The zero-order chi connectivity index (χ0) is 73.6. The first-order chi connectivity index (χ1) is 47.9. The Balaban J connectivity index is 0.839. The molecule has 0 radical (unpaired) electrons. The summed E-state index contributed by atoms with van der Waals surface area (Å²) >= 11 is 0. The molecule has 2 bridgehead atoms. The lowest BCUT2D eigenvalue weighted by atomic mass is 9.54. The number of aliphatic hydroxyl groups excluding tert-OH is 1. The summed E-state index contributed by atoms with van der Waals surface area (Å²) < 4.78 is 64.8. The number of furan rings is 1. The van der Waals surface area contributed by atoms with Gasteiger partial charge in [-0.15, -0.1) is 0 Å². The molecular formula is C77H105NO23. The van der Waals surface area contributed by atoms with E-state index in [9.17, 15) is 58.2 Å². The summed E-state index contributed by atoms with van der Waals surface area (Å²) in [7, 11) is 4.38. The number of amides is 1. The number of allylic oxidation sites excluding steroid dienone is 7. The third-order valence-corrected chi connectivity index (χ3v) is 23.0. The highest BCUT2D eigenvalue weighted by Crippen LogP contribution is 2.63. The molecule has 1 unspecified atom stereocenters. The highest BCUT2D eigenvalue weighted by Gasteiger charge is 2.65. The van der Waals surface area contributed by atoms with Gasteiger partial charge >= 0.3 is 29.8 Å². The molecule has 4 aliphatic heterocycles. The van der Waals surface area contributed by atoms with E-state index in [2.05, 4.69) is 0 Å². The van der Waals surface area contributed by atoms with Crippen LogP contribution in [-0.4, -0.2) is 188 Å². The number of Topliss-reactive ketones (excluding diaryl/α,β-unsaturated/α-hetero) is 4. The normalized spacial score (nSPS) is 37.7. The Hall–Kier alpha value is -6.80. The van der Waals surface area contributed by atoms with E-state index in [1.54, 1.807) is 40.9 Å². The third kappa shape index (κ3) is 16.9. The molecule has 18 atom stereocenters. The molecular weight excluding hydrogens is 1310 g/mol. The molecule has 4 aliphatic carbocycles. The minimum Gasteiger partial charge on any atom is -0.461 e. The van der Waals surface area contributed by atoms with E-state index < -0.39 is 168 Å². The van der Waals surface area contributed by atoms with Crippen molar-refractivity contribution >= 4 is 58.9 Å². The number of cyclic esters (lactones) is 2. The molecule has 5 heterocycles. The first-order valence-electron chi connectivity index (χ1n) is 36.1. The molecule has 8 aliphatic rings. The summed E-state index contributed by atoms with van der Waals surface area (Å²) in [6.45, 7) is 16.3. The maximum atomic E-state index is 14.7. The van der Waals surface area contributed by atoms with Crippen LogP contribution in [0.2, 0.25) is 0 Å². The van der Waals surface area contributed by atoms with Crippen molar-refractivity contribution in [2.24, 2.45) is 46.8 Å². The number of rotatable bonds is 14. The molecule has 2 N–H and O–H groups in total. The molecule has 1 aromatic rings. The predicted octanol–water partition coefficient (Wildman–Crippen LogP) is 9.02. The molecule has 0 aromatic carbocycles. The molecule has 24 nitrogen and oxygen atoms in total. The van der Waals surface area contributed by atoms with Gasteiger partial charge in [0.05, 0.1) is 24.2 Å². The van der Waals surface area contributed by atoms with Crippen LogP contribution in [0.25, 0.3) is 0 Å². The first kappa shape index (κ1) is 78.3. The van der Waals surface area contributed by atoms with E-state index in [4.69, 9.17) is 51.8 Å². The van der Waals surface area contributed by atoms with Crippen LogP contribution >= 0.6 is 0 Å². The van der Waals surface area contributed by atoms with Crippen molar-refractivity contribution < 1.29 is 110 Å². The number of aliphatic hydroxyl groups is 2. The number of esters is 5. The summed E-state index contributed by atoms with van der Waals surface area (Å²) in [4.78, 5) is 141. The summed E-state index contributed by atoms with van der Waals surface area (Å²) in [5, 5.41) is 23.7. The molecule has 2 saturated heterocycles. The molecule has 2 saturated carbocycles. The van der Waals surface area contributed by atoms with Gasteiger partial charge in [0.25, 0.3) is 11.7 Å². The van der Waals surface area contributed by atoms with Gasteiger partial charge in [0.15, 0.2) is 11.5 Å². The molecule has 101 heavy (non-hydrogen) atoms. The van der Waals surface area contributed by atoms with Crippen molar-refractivity contribution in [1.82, 2.24) is 4.90 Å². The molecule has 0 spiro atoms. The lowest BCUT2D eigenvalue weighted by Gasteiger charge is -2.52. The Bertz CT molecular complexity index is 3440. The predicted molar refractivity (Wildman–Crippen MR) is 363 cm³/mol. The number of ether oxygens (including phenoxy) is 10. The van der Waals surface area contributed by atoms with Crippen molar-refractivity contribution in [1.29, 1.82) is 0 Å². The second-order valence-electron chi connectivity index (χ2n) is 30.2. The van der Waals surface area contributed by atoms with E-state index in [0.717, 1.165) is 10.5 Å². The van der Waals surface area contributed by atoms with Gasteiger partial charge in [-0.1, -0.05) is 78.0 Å². The van der Waals surface area contributed by atoms with Gasteiger partial charge < -0.3 is 66.9 Å². The van der Waals surface area contributed by atoms with Gasteiger partial charge in [0.2, 0.25) is 11.6 Å². The van der Waals surface area contributed by atoms with Crippen LogP contribution in [0.3, 0.4) is 0 Å². The maximum Gasteiger partial charge on any atom is 0.342 e. The number of methoxy groups -OCH3 is 3.